The van der Waals surface area contributed by atoms with Gasteiger partial charge in [-0.05, 0) is 187 Å². The molecule has 4 aromatic heterocycles. The third-order valence-electron chi connectivity index (χ3n) is 13.8. The van der Waals surface area contributed by atoms with Crippen molar-refractivity contribution in [3.8, 4) is 34.5 Å². The minimum absolute atomic E-state index is 0. The van der Waals surface area contributed by atoms with Crippen molar-refractivity contribution in [3.63, 3.8) is 0 Å². The number of nitrogens with zero attached hydrogens (tertiary/aromatic N) is 4. The second-order valence-corrected chi connectivity index (χ2v) is 23.8. The molecule has 0 spiro atoms. The first-order chi connectivity index (χ1) is 46.4. The van der Waals surface area contributed by atoms with Gasteiger partial charge >= 0.3 is 81.7 Å². The van der Waals surface area contributed by atoms with Gasteiger partial charge in [0.2, 0.25) is 0 Å². The first kappa shape index (κ1) is 93.9. The molecule has 0 fully saturated rings. The van der Waals surface area contributed by atoms with Crippen LogP contribution in [-0.2, 0) is 0 Å². The van der Waals surface area contributed by atoms with Gasteiger partial charge in [0, 0.05) is 49.6 Å². The van der Waals surface area contributed by atoms with E-state index in [2.05, 4.69) is 58.0 Å². The summed E-state index contributed by atoms with van der Waals surface area (Å²) in [4.78, 5) is 15.1. The largest absolute Gasteiger partial charge is 3.00 e. The number of pyridine rings is 4. The Morgan fingerprint density at radius 1 is 0.160 bits per heavy atom. The minimum Gasteiger partial charge on any atom is -0.872 e. The molecule has 0 aliphatic heterocycles. The van der Waals surface area contributed by atoms with E-state index in [4.69, 9.17) is 0 Å². The van der Waals surface area contributed by atoms with E-state index in [0.717, 1.165) is 100 Å². The van der Waals surface area contributed by atoms with Gasteiger partial charge in [0.1, 0.15) is 0 Å². The molecule has 8 aromatic carbocycles. The molecule has 4 heterocycles. The van der Waals surface area contributed by atoms with Crippen molar-refractivity contribution < 1.29 is 112 Å². The summed E-state index contributed by atoms with van der Waals surface area (Å²) in [6, 6.07) is 66.3. The Morgan fingerprint density at radius 3 is 0.340 bits per heavy atom. The first-order valence-corrected chi connectivity index (χ1v) is 32.4. The molecule has 518 valence electrons. The van der Waals surface area contributed by atoms with Gasteiger partial charge in [-0.25, -0.2) is 0 Å². The van der Waals surface area contributed by atoms with Crippen LogP contribution >= 0.6 is 0 Å². The molecule has 0 aliphatic carbocycles. The van der Waals surface area contributed by atoms with E-state index >= 15 is 0 Å². The predicted molar refractivity (Wildman–Crippen MR) is 400 cm³/mol. The van der Waals surface area contributed by atoms with Gasteiger partial charge in [-0.15, -0.1) is 34.5 Å². The first-order valence-electron chi connectivity index (χ1n) is 32.4. The fourth-order valence-electron chi connectivity index (χ4n) is 9.32. The van der Waals surface area contributed by atoms with Crippen LogP contribution in [0.15, 0.2) is 256 Å². The number of hydrogen-bond donors (Lipinski definition) is 0. The quantitative estimate of drug-likeness (QED) is 0.141. The maximum atomic E-state index is 11.1. The van der Waals surface area contributed by atoms with E-state index in [1.165, 1.54) is 11.1 Å². The molecule has 0 aliphatic rings. The van der Waals surface area contributed by atoms with E-state index in [-0.39, 0.29) is 116 Å². The zero-order chi connectivity index (χ0) is 73.5. The summed E-state index contributed by atoms with van der Waals surface area (Å²) in [6.07, 6.45) is 14.0. The van der Waals surface area contributed by atoms with Gasteiger partial charge in [-0.1, -0.05) is 269 Å². The summed E-state index contributed by atoms with van der Waals surface area (Å²) >= 11 is 0. The maximum Gasteiger partial charge on any atom is 3.00 e. The average molecular weight is 1600 g/mol. The van der Waals surface area contributed by atoms with Gasteiger partial charge in [0.25, 0.3) is 0 Å². The fraction of sp³-hybridized carbons (Fsp3) is 0.227. The molecule has 0 saturated carbocycles. The monoisotopic (exact) mass is 1590 g/mol. The van der Waals surface area contributed by atoms with E-state index in [0.29, 0.717) is 0 Å². The van der Waals surface area contributed by atoms with Gasteiger partial charge < -0.3 is 30.6 Å². The van der Waals surface area contributed by atoms with E-state index < -0.39 is 0 Å². The molecule has 0 atom stereocenters. The maximum absolute atomic E-state index is 11.1. The summed E-state index contributed by atoms with van der Waals surface area (Å²) < 4.78 is 0. The van der Waals surface area contributed by atoms with Crippen molar-refractivity contribution in [1.82, 2.24) is 19.9 Å². The Balaban J connectivity index is 0. The zero-order valence-electron chi connectivity index (χ0n) is 62.5. The molecule has 0 N–H and O–H groups in total. The molecule has 10 nitrogen and oxygen atoms in total. The van der Waals surface area contributed by atoms with E-state index in [1.807, 2.05) is 307 Å². The molecule has 0 bridgehead atoms. The fourth-order valence-corrected chi connectivity index (χ4v) is 9.32. The van der Waals surface area contributed by atoms with Crippen LogP contribution in [-0.4, -0.2) is 19.9 Å². The number of aromatic nitrogens is 4. The Kier molecular flexibility index (Phi) is 51.3. The molecule has 12 aromatic rings. The smallest absolute Gasteiger partial charge is 0.872 e. The van der Waals surface area contributed by atoms with E-state index in [9.17, 15) is 30.6 Å². The molecular weight excluding hydrogens is 1500 g/mol. The molecule has 2 radical (unpaired) electrons. The number of rotatable bonds is 0. The van der Waals surface area contributed by atoms with Crippen molar-refractivity contribution >= 4 is 0 Å². The summed E-state index contributed by atoms with van der Waals surface area (Å²) in [7, 11) is 0. The van der Waals surface area contributed by atoms with Crippen LogP contribution in [0.25, 0.3) is 0 Å². The van der Waals surface area contributed by atoms with Crippen molar-refractivity contribution in [2.45, 2.75) is 138 Å². The Hall–Kier alpha value is -8.14. The summed E-state index contributed by atoms with van der Waals surface area (Å²) in [6.45, 7) is 38.4. The van der Waals surface area contributed by atoms with Crippen LogP contribution in [0.4, 0.5) is 0 Å². The number of benzene rings is 8. The van der Waals surface area contributed by atoms with Crippen LogP contribution in [0.5, 0.6) is 34.5 Å². The van der Waals surface area contributed by atoms with Crippen LogP contribution in [0.3, 0.4) is 0 Å². The van der Waals surface area contributed by atoms with Gasteiger partial charge in [-0.3, -0.25) is 19.9 Å². The third kappa shape index (κ3) is 43.4. The summed E-state index contributed by atoms with van der Waals surface area (Å²) in [5, 5.41) is 66.7. The van der Waals surface area contributed by atoms with E-state index in [1.54, 1.807) is 49.6 Å². The molecular formula is C88H102N4Nd2O6. The Morgan fingerprint density at radius 2 is 0.270 bits per heavy atom. The molecule has 12 rings (SSSR count). The van der Waals surface area contributed by atoms with Crippen molar-refractivity contribution in [2.24, 2.45) is 0 Å². The second kappa shape index (κ2) is 54.7. The van der Waals surface area contributed by atoms with Crippen LogP contribution in [0.2, 0.25) is 0 Å². The minimum atomic E-state index is 0. The standard InChI is InChI=1S/6C9H12O.2C7H8.4C5H5N.2Nd/c6*1-6-4-7(2)9(10)8(3)5-6;2*1-7-5-3-2-4-6-7;4*1-2-4-6-5-3-1;;/h6*4-5,10H,1-3H3;2*2-6H,1H3;4*1-5H;;/q;;;;;;;;;;;;2*+3/p-6. The summed E-state index contributed by atoms with van der Waals surface area (Å²) in [5.74, 6) is 1.03. The second-order valence-electron chi connectivity index (χ2n) is 23.8. The van der Waals surface area contributed by atoms with Crippen LogP contribution < -0.4 is 30.6 Å². The molecule has 0 saturated heterocycles. The number of hydrogen-bond acceptors (Lipinski definition) is 10. The Labute approximate surface area is 665 Å². The van der Waals surface area contributed by atoms with Crippen molar-refractivity contribution in [2.75, 3.05) is 0 Å². The molecule has 12 heteroatoms. The predicted octanol–water partition coefficient (Wildman–Crippen LogP) is 18.4. The molecule has 0 unspecified atom stereocenters. The molecule has 0 amide bonds. The summed E-state index contributed by atoms with van der Waals surface area (Å²) in [5.41, 5.74) is 19.8. The van der Waals surface area contributed by atoms with Gasteiger partial charge in [-0.2, -0.15) is 0 Å². The number of aryl methyl sites for hydroxylation is 20. The van der Waals surface area contributed by atoms with Gasteiger partial charge in [0.15, 0.2) is 0 Å². The van der Waals surface area contributed by atoms with Gasteiger partial charge in [0.05, 0.1) is 0 Å². The Bertz CT molecular complexity index is 3250. The average Bonchev–Trinajstić information content (AvgIpc) is 1.08. The molecule has 100 heavy (non-hydrogen) atoms. The zero-order valence-corrected chi connectivity index (χ0v) is 68.9. The van der Waals surface area contributed by atoms with Crippen LogP contribution in [0.1, 0.15) is 111 Å². The third-order valence-corrected chi connectivity index (χ3v) is 13.8. The topological polar surface area (TPSA) is 190 Å². The normalized spacial score (nSPS) is 9.08. The van der Waals surface area contributed by atoms with Crippen molar-refractivity contribution in [3.05, 3.63) is 367 Å². The van der Waals surface area contributed by atoms with Crippen LogP contribution in [0, 0.1) is 220 Å². The SMILES string of the molecule is Cc1cc(C)c([O-])c(C)c1.Cc1cc(C)c([O-])c(C)c1.Cc1cc(C)c([O-])c(C)c1.Cc1cc(C)c([O-])c(C)c1.Cc1cc(C)c([O-])c(C)c1.Cc1cc(C)c([O-])c(C)c1.Cc1ccccc1.Cc1ccccc1.[Nd+3].[Nd+3].c1ccncc1.c1ccncc1.c1ccncc1.c1ccncc1. The van der Waals surface area contributed by atoms with Crippen molar-refractivity contribution in [1.29, 1.82) is 0 Å².